The van der Waals surface area contributed by atoms with Crippen LogP contribution in [0, 0.1) is 5.82 Å². The van der Waals surface area contributed by atoms with E-state index < -0.39 is 0 Å². The molecule has 0 saturated heterocycles. The van der Waals surface area contributed by atoms with E-state index in [2.05, 4.69) is 21.2 Å². The molecule has 0 aliphatic heterocycles. The molecule has 0 fully saturated rings. The lowest BCUT2D eigenvalue weighted by molar-refractivity contribution is 0.592. The summed E-state index contributed by atoms with van der Waals surface area (Å²) in [6, 6.07) is 5.10. The molecule has 0 aliphatic carbocycles. The highest BCUT2D eigenvalue weighted by Crippen LogP contribution is 2.14. The first-order valence-electron chi connectivity index (χ1n) is 3.88. The van der Waals surface area contributed by atoms with E-state index in [9.17, 15) is 4.39 Å². The van der Waals surface area contributed by atoms with Crippen LogP contribution in [0.25, 0.3) is 0 Å². The fourth-order valence-electron chi connectivity index (χ4n) is 0.925. The molecular formula is C9H11BrFN. The van der Waals surface area contributed by atoms with Crippen LogP contribution < -0.4 is 5.32 Å². The summed E-state index contributed by atoms with van der Waals surface area (Å²) in [4.78, 5) is 0. The highest BCUT2D eigenvalue weighted by molar-refractivity contribution is 9.10. The molecule has 0 bridgehead atoms. The van der Waals surface area contributed by atoms with Crippen molar-refractivity contribution in [2.75, 3.05) is 6.54 Å². The molecule has 1 N–H and O–H groups in total. The van der Waals surface area contributed by atoms with Gasteiger partial charge in [0.2, 0.25) is 0 Å². The fraction of sp³-hybridized carbons (Fsp3) is 0.333. The van der Waals surface area contributed by atoms with Crippen molar-refractivity contribution in [3.63, 3.8) is 0 Å². The molecule has 0 spiro atoms. The minimum atomic E-state index is -0.162. The fourth-order valence-corrected chi connectivity index (χ4v) is 1.26. The van der Waals surface area contributed by atoms with Crippen LogP contribution in [0.3, 0.4) is 0 Å². The lowest BCUT2D eigenvalue weighted by Gasteiger charge is -2.03. The zero-order valence-corrected chi connectivity index (χ0v) is 8.49. The van der Waals surface area contributed by atoms with Gasteiger partial charge in [-0.1, -0.05) is 28.9 Å². The highest BCUT2D eigenvalue weighted by Gasteiger charge is 2.00. The number of halogens is 2. The zero-order chi connectivity index (χ0) is 8.97. The Morgan fingerprint density at radius 1 is 1.50 bits per heavy atom. The molecule has 0 saturated carbocycles. The van der Waals surface area contributed by atoms with Gasteiger partial charge in [-0.3, -0.25) is 0 Å². The van der Waals surface area contributed by atoms with E-state index in [1.54, 1.807) is 6.07 Å². The van der Waals surface area contributed by atoms with Gasteiger partial charge in [-0.05, 0) is 18.7 Å². The molecule has 0 atom stereocenters. The summed E-state index contributed by atoms with van der Waals surface area (Å²) >= 11 is 3.20. The summed E-state index contributed by atoms with van der Waals surface area (Å²) in [6.07, 6.45) is 0. The molecule has 1 aromatic carbocycles. The first-order chi connectivity index (χ1) is 5.74. The third kappa shape index (κ3) is 2.57. The van der Waals surface area contributed by atoms with Crippen molar-refractivity contribution >= 4 is 15.9 Å². The van der Waals surface area contributed by atoms with Crippen LogP contribution in [0.2, 0.25) is 0 Å². The van der Waals surface area contributed by atoms with Crippen LogP contribution in [-0.2, 0) is 6.54 Å². The molecule has 66 valence electrons. The van der Waals surface area contributed by atoms with Crippen LogP contribution in [0.15, 0.2) is 22.7 Å². The molecule has 3 heteroatoms. The largest absolute Gasteiger partial charge is 0.313 e. The lowest BCUT2D eigenvalue weighted by atomic mass is 10.2. The van der Waals surface area contributed by atoms with E-state index in [1.165, 1.54) is 6.07 Å². The van der Waals surface area contributed by atoms with Gasteiger partial charge in [-0.15, -0.1) is 0 Å². The van der Waals surface area contributed by atoms with Crippen LogP contribution in [0.5, 0.6) is 0 Å². The van der Waals surface area contributed by atoms with Gasteiger partial charge in [-0.2, -0.15) is 0 Å². The van der Waals surface area contributed by atoms with E-state index in [0.29, 0.717) is 12.1 Å². The quantitative estimate of drug-likeness (QED) is 0.844. The van der Waals surface area contributed by atoms with Crippen LogP contribution in [-0.4, -0.2) is 6.54 Å². The maximum absolute atomic E-state index is 13.1. The Morgan fingerprint density at radius 2 is 2.25 bits per heavy atom. The second kappa shape index (κ2) is 4.58. The van der Waals surface area contributed by atoms with Crippen molar-refractivity contribution in [2.24, 2.45) is 0 Å². The van der Waals surface area contributed by atoms with Crippen molar-refractivity contribution in [3.05, 3.63) is 34.1 Å². The second-order valence-electron chi connectivity index (χ2n) is 2.52. The number of hydrogen-bond donors (Lipinski definition) is 1. The van der Waals surface area contributed by atoms with Crippen molar-refractivity contribution in [3.8, 4) is 0 Å². The molecule has 0 radical (unpaired) electrons. The number of hydrogen-bond acceptors (Lipinski definition) is 1. The van der Waals surface area contributed by atoms with Gasteiger partial charge in [-0.25, -0.2) is 4.39 Å². The lowest BCUT2D eigenvalue weighted by Crippen LogP contribution is -2.12. The molecule has 0 heterocycles. The van der Waals surface area contributed by atoms with Crippen LogP contribution in [0.4, 0.5) is 4.39 Å². The minimum absolute atomic E-state index is 0.162. The van der Waals surface area contributed by atoms with Crippen molar-refractivity contribution in [1.29, 1.82) is 0 Å². The summed E-state index contributed by atoms with van der Waals surface area (Å²) in [5, 5.41) is 3.07. The topological polar surface area (TPSA) is 12.0 Å². The average Bonchev–Trinajstić information content (AvgIpc) is 2.03. The van der Waals surface area contributed by atoms with Gasteiger partial charge in [0.1, 0.15) is 5.82 Å². The van der Waals surface area contributed by atoms with E-state index in [1.807, 2.05) is 13.0 Å². The monoisotopic (exact) mass is 231 g/mol. The van der Waals surface area contributed by atoms with E-state index in [4.69, 9.17) is 0 Å². The molecule has 12 heavy (non-hydrogen) atoms. The van der Waals surface area contributed by atoms with Crippen molar-refractivity contribution < 1.29 is 4.39 Å². The van der Waals surface area contributed by atoms with E-state index >= 15 is 0 Å². The highest BCUT2D eigenvalue weighted by atomic mass is 79.9. The molecule has 1 nitrogen and oxygen atoms in total. The predicted molar refractivity (Wildman–Crippen MR) is 51.5 cm³/mol. The standard InChI is InChI=1S/C9H11BrFN/c1-2-12-6-7-3-4-8(10)5-9(7)11/h3-5,12H,2,6H2,1H3. The Hall–Kier alpha value is -0.410. The van der Waals surface area contributed by atoms with Crippen molar-refractivity contribution in [1.82, 2.24) is 5.32 Å². The summed E-state index contributed by atoms with van der Waals surface area (Å²) < 4.78 is 13.9. The Bertz CT molecular complexity index is 263. The average molecular weight is 232 g/mol. The summed E-state index contributed by atoms with van der Waals surface area (Å²) in [5.41, 5.74) is 0.708. The van der Waals surface area contributed by atoms with Gasteiger partial charge in [0, 0.05) is 16.6 Å². The van der Waals surface area contributed by atoms with Gasteiger partial charge in [0.15, 0.2) is 0 Å². The molecule has 0 unspecified atom stereocenters. The normalized spacial score (nSPS) is 10.2. The smallest absolute Gasteiger partial charge is 0.128 e. The Kier molecular flexibility index (Phi) is 3.69. The number of nitrogens with one attached hydrogen (secondary N) is 1. The Morgan fingerprint density at radius 3 is 2.83 bits per heavy atom. The van der Waals surface area contributed by atoms with Gasteiger partial charge >= 0.3 is 0 Å². The SMILES string of the molecule is CCNCc1ccc(Br)cc1F. The zero-order valence-electron chi connectivity index (χ0n) is 6.90. The molecule has 0 amide bonds. The third-order valence-corrected chi connectivity index (χ3v) is 2.07. The molecule has 0 aliphatic rings. The summed E-state index contributed by atoms with van der Waals surface area (Å²) in [6.45, 7) is 3.45. The van der Waals surface area contributed by atoms with Crippen LogP contribution in [0.1, 0.15) is 12.5 Å². The third-order valence-electron chi connectivity index (χ3n) is 1.58. The van der Waals surface area contributed by atoms with Gasteiger partial charge in [0.25, 0.3) is 0 Å². The van der Waals surface area contributed by atoms with E-state index in [0.717, 1.165) is 11.0 Å². The number of rotatable bonds is 3. The first kappa shape index (κ1) is 9.68. The molecular weight excluding hydrogens is 221 g/mol. The molecule has 1 aromatic rings. The maximum atomic E-state index is 13.1. The Balaban J connectivity index is 2.72. The maximum Gasteiger partial charge on any atom is 0.128 e. The van der Waals surface area contributed by atoms with Gasteiger partial charge < -0.3 is 5.32 Å². The van der Waals surface area contributed by atoms with Crippen molar-refractivity contribution in [2.45, 2.75) is 13.5 Å². The predicted octanol–water partition coefficient (Wildman–Crippen LogP) is 2.70. The first-order valence-corrected chi connectivity index (χ1v) is 4.68. The summed E-state index contributed by atoms with van der Waals surface area (Å²) in [7, 11) is 0. The minimum Gasteiger partial charge on any atom is -0.313 e. The number of benzene rings is 1. The Labute approximate surface area is 80.1 Å². The second-order valence-corrected chi connectivity index (χ2v) is 3.43. The molecule has 1 rings (SSSR count). The summed E-state index contributed by atoms with van der Waals surface area (Å²) in [5.74, 6) is -0.162. The van der Waals surface area contributed by atoms with Crippen LogP contribution >= 0.6 is 15.9 Å². The van der Waals surface area contributed by atoms with E-state index in [-0.39, 0.29) is 5.82 Å². The molecule has 0 aromatic heterocycles. The van der Waals surface area contributed by atoms with Gasteiger partial charge in [0.05, 0.1) is 0 Å².